The number of aliphatic carboxylic acids is 1. The van der Waals surface area contributed by atoms with Crippen LogP contribution in [0.5, 0.6) is 11.5 Å². The summed E-state index contributed by atoms with van der Waals surface area (Å²) in [5.74, 6) is 0.214. The zero-order valence-corrected chi connectivity index (χ0v) is 11.4. The van der Waals surface area contributed by atoms with Gasteiger partial charge >= 0.3 is 5.97 Å². The maximum atomic E-state index is 10.8. The van der Waals surface area contributed by atoms with Crippen LogP contribution in [0.4, 0.5) is 0 Å². The second-order valence-electron chi connectivity index (χ2n) is 3.64. The molecule has 0 radical (unpaired) electrons. The molecule has 1 atom stereocenters. The summed E-state index contributed by atoms with van der Waals surface area (Å²) in [7, 11) is 3.11. The normalized spacial score (nSPS) is 12.0. The number of rotatable bonds is 6. The predicted molar refractivity (Wildman–Crippen MR) is 70.6 cm³/mol. The van der Waals surface area contributed by atoms with Crippen molar-refractivity contribution in [3.05, 3.63) is 17.7 Å². The van der Waals surface area contributed by atoms with Gasteiger partial charge in [-0.15, -0.1) is 11.8 Å². The molecule has 3 N–H and O–H groups in total. The fourth-order valence-corrected chi connectivity index (χ4v) is 2.43. The smallest absolute Gasteiger partial charge is 0.320 e. The zero-order chi connectivity index (χ0) is 13.7. The quantitative estimate of drug-likeness (QED) is 0.761. The fourth-order valence-electron chi connectivity index (χ4n) is 1.65. The summed E-state index contributed by atoms with van der Waals surface area (Å²) in [4.78, 5) is 11.6. The molecule has 0 bridgehead atoms. The molecule has 0 aliphatic carbocycles. The Hall–Kier alpha value is -1.40. The van der Waals surface area contributed by atoms with Gasteiger partial charge in [0.2, 0.25) is 0 Å². The number of methoxy groups -OCH3 is 2. The van der Waals surface area contributed by atoms with Gasteiger partial charge in [-0.3, -0.25) is 4.79 Å². The molecule has 0 saturated carbocycles. The molecule has 5 nitrogen and oxygen atoms in total. The van der Waals surface area contributed by atoms with Gasteiger partial charge in [-0.1, -0.05) is 6.07 Å². The maximum Gasteiger partial charge on any atom is 0.320 e. The van der Waals surface area contributed by atoms with Gasteiger partial charge < -0.3 is 20.3 Å². The van der Waals surface area contributed by atoms with Crippen molar-refractivity contribution in [3.8, 4) is 11.5 Å². The van der Waals surface area contributed by atoms with E-state index in [-0.39, 0.29) is 6.42 Å². The number of carboxylic acid groups (broad SMARTS) is 1. The third kappa shape index (κ3) is 3.08. The second kappa shape index (κ2) is 6.51. The van der Waals surface area contributed by atoms with Crippen molar-refractivity contribution >= 4 is 17.7 Å². The average molecular weight is 271 g/mol. The van der Waals surface area contributed by atoms with E-state index in [4.69, 9.17) is 20.3 Å². The first-order valence-corrected chi connectivity index (χ1v) is 6.53. The van der Waals surface area contributed by atoms with Crippen molar-refractivity contribution in [1.82, 2.24) is 0 Å². The van der Waals surface area contributed by atoms with Crippen LogP contribution in [-0.2, 0) is 11.2 Å². The first kappa shape index (κ1) is 14.7. The van der Waals surface area contributed by atoms with Crippen molar-refractivity contribution in [2.45, 2.75) is 17.4 Å². The highest BCUT2D eigenvalue weighted by Gasteiger charge is 2.19. The van der Waals surface area contributed by atoms with Gasteiger partial charge in [-0.25, -0.2) is 0 Å². The lowest BCUT2D eigenvalue weighted by Gasteiger charge is -2.16. The molecule has 0 spiro atoms. The molecule has 0 heterocycles. The molecular formula is C12H17NO4S. The maximum absolute atomic E-state index is 10.8. The molecular weight excluding hydrogens is 254 g/mol. The number of carbonyl (C=O) groups is 1. The summed E-state index contributed by atoms with van der Waals surface area (Å²) in [6.07, 6.45) is 2.15. The molecule has 0 fully saturated rings. The molecule has 6 heteroatoms. The minimum atomic E-state index is -1.02. The van der Waals surface area contributed by atoms with Gasteiger partial charge in [0.15, 0.2) is 11.5 Å². The molecule has 0 aliphatic rings. The number of thioether (sulfide) groups is 1. The van der Waals surface area contributed by atoms with Gasteiger partial charge in [0.1, 0.15) is 6.04 Å². The lowest BCUT2D eigenvalue weighted by molar-refractivity contribution is -0.138. The van der Waals surface area contributed by atoms with Crippen LogP contribution in [0.1, 0.15) is 5.56 Å². The minimum absolute atomic E-state index is 0.256. The topological polar surface area (TPSA) is 81.8 Å². The van der Waals surface area contributed by atoms with Gasteiger partial charge in [-0.2, -0.15) is 0 Å². The van der Waals surface area contributed by atoms with Crippen LogP contribution < -0.4 is 15.2 Å². The molecule has 0 aliphatic heterocycles. The first-order valence-electron chi connectivity index (χ1n) is 5.31. The molecule has 1 unspecified atom stereocenters. The van der Waals surface area contributed by atoms with Gasteiger partial charge in [0.05, 0.1) is 19.1 Å². The zero-order valence-electron chi connectivity index (χ0n) is 10.6. The monoisotopic (exact) mass is 271 g/mol. The molecule has 100 valence electrons. The van der Waals surface area contributed by atoms with E-state index >= 15 is 0 Å². The standard InChI is InChI=1S/C12H17NO4S/c1-16-9-5-4-7(6-8(13)12(14)15)11(18-3)10(9)17-2/h4-5,8H,6,13H2,1-3H3,(H,14,15). The fraction of sp³-hybridized carbons (Fsp3) is 0.417. The number of carboxylic acids is 1. The number of benzene rings is 1. The highest BCUT2D eigenvalue weighted by molar-refractivity contribution is 7.98. The van der Waals surface area contributed by atoms with Crippen LogP contribution in [0.2, 0.25) is 0 Å². The third-order valence-corrected chi connectivity index (χ3v) is 3.40. The summed E-state index contributed by atoms with van der Waals surface area (Å²) in [6, 6.07) is 2.65. The molecule has 1 aromatic carbocycles. The van der Waals surface area contributed by atoms with Crippen molar-refractivity contribution in [3.63, 3.8) is 0 Å². The van der Waals surface area contributed by atoms with E-state index in [1.54, 1.807) is 20.3 Å². The van der Waals surface area contributed by atoms with Crippen molar-refractivity contribution in [1.29, 1.82) is 0 Å². The van der Waals surface area contributed by atoms with E-state index in [2.05, 4.69) is 0 Å². The molecule has 0 aromatic heterocycles. The number of ether oxygens (including phenoxy) is 2. The lowest BCUT2D eigenvalue weighted by atomic mass is 10.1. The summed E-state index contributed by atoms with van der Waals surface area (Å²) in [6.45, 7) is 0. The van der Waals surface area contributed by atoms with Crippen LogP contribution in [0.3, 0.4) is 0 Å². The Balaban J connectivity index is 3.16. The van der Waals surface area contributed by atoms with Crippen molar-refractivity contribution in [2.24, 2.45) is 5.73 Å². The Kier molecular flexibility index (Phi) is 5.30. The highest BCUT2D eigenvalue weighted by atomic mass is 32.2. The molecule has 1 rings (SSSR count). The average Bonchev–Trinajstić information content (AvgIpc) is 2.37. The Labute approximate surface area is 110 Å². The summed E-state index contributed by atoms with van der Waals surface area (Å²) in [5.41, 5.74) is 6.40. The van der Waals surface area contributed by atoms with E-state index in [0.29, 0.717) is 11.5 Å². The number of hydrogen-bond donors (Lipinski definition) is 2. The summed E-state index contributed by atoms with van der Waals surface area (Å²) >= 11 is 1.48. The van der Waals surface area contributed by atoms with Gasteiger partial charge in [0.25, 0.3) is 0 Å². The summed E-state index contributed by atoms with van der Waals surface area (Å²) < 4.78 is 10.5. The van der Waals surface area contributed by atoms with E-state index < -0.39 is 12.0 Å². The van der Waals surface area contributed by atoms with Crippen LogP contribution >= 0.6 is 11.8 Å². The molecule has 0 amide bonds. The Morgan fingerprint density at radius 1 is 1.44 bits per heavy atom. The predicted octanol–water partition coefficient (Wildman–Crippen LogP) is 1.38. The van der Waals surface area contributed by atoms with E-state index in [1.165, 1.54) is 11.8 Å². The summed E-state index contributed by atoms with van der Waals surface area (Å²) in [5, 5.41) is 8.85. The van der Waals surface area contributed by atoms with Crippen LogP contribution in [0, 0.1) is 0 Å². The van der Waals surface area contributed by atoms with Crippen molar-refractivity contribution in [2.75, 3.05) is 20.5 Å². The van der Waals surface area contributed by atoms with Crippen LogP contribution in [-0.4, -0.2) is 37.6 Å². The van der Waals surface area contributed by atoms with Gasteiger partial charge in [0, 0.05) is 0 Å². The van der Waals surface area contributed by atoms with Crippen LogP contribution in [0.15, 0.2) is 17.0 Å². The number of hydrogen-bond acceptors (Lipinski definition) is 5. The first-order chi connectivity index (χ1) is 8.54. The molecule has 1 aromatic rings. The van der Waals surface area contributed by atoms with Crippen LogP contribution in [0.25, 0.3) is 0 Å². The van der Waals surface area contributed by atoms with E-state index in [1.807, 2.05) is 12.3 Å². The lowest BCUT2D eigenvalue weighted by Crippen LogP contribution is -2.32. The second-order valence-corrected chi connectivity index (χ2v) is 4.46. The van der Waals surface area contributed by atoms with Gasteiger partial charge in [-0.05, 0) is 24.3 Å². The number of nitrogens with two attached hydrogens (primary N) is 1. The molecule has 0 saturated heterocycles. The van der Waals surface area contributed by atoms with E-state index in [9.17, 15) is 4.79 Å². The Bertz CT molecular complexity index is 436. The Morgan fingerprint density at radius 3 is 2.56 bits per heavy atom. The van der Waals surface area contributed by atoms with Crippen molar-refractivity contribution < 1.29 is 19.4 Å². The minimum Gasteiger partial charge on any atom is -0.493 e. The Morgan fingerprint density at radius 2 is 2.11 bits per heavy atom. The third-order valence-electron chi connectivity index (χ3n) is 2.54. The molecule has 18 heavy (non-hydrogen) atoms. The largest absolute Gasteiger partial charge is 0.493 e. The SMILES string of the molecule is COc1ccc(CC(N)C(=O)O)c(SC)c1OC. The van der Waals surface area contributed by atoms with E-state index in [0.717, 1.165) is 10.5 Å². The highest BCUT2D eigenvalue weighted by Crippen LogP contribution is 2.39.